The third-order valence-electron chi connectivity index (χ3n) is 2.35. The van der Waals surface area contributed by atoms with Crippen molar-refractivity contribution in [2.24, 2.45) is 0 Å². The highest BCUT2D eigenvalue weighted by Gasteiger charge is 2.07. The van der Waals surface area contributed by atoms with E-state index < -0.39 is 0 Å². The van der Waals surface area contributed by atoms with E-state index in [1.807, 2.05) is 6.92 Å². The van der Waals surface area contributed by atoms with Gasteiger partial charge in [0.05, 0.1) is 7.11 Å². The van der Waals surface area contributed by atoms with Crippen LogP contribution in [0.4, 0.5) is 10.1 Å². The van der Waals surface area contributed by atoms with E-state index in [0.29, 0.717) is 28.3 Å². The molecule has 1 rings (SSSR count). The number of rotatable bonds is 5. The number of carbonyl (C=O) groups excluding carboxylic acids is 1. The lowest BCUT2D eigenvalue weighted by molar-refractivity contribution is -0.136. The molecule has 1 aromatic rings. The Kier molecular flexibility index (Phi) is 5.71. The highest BCUT2D eigenvalue weighted by molar-refractivity contribution is 7.99. The second kappa shape index (κ2) is 7.06. The van der Waals surface area contributed by atoms with Gasteiger partial charge in [0.1, 0.15) is 5.82 Å². The van der Waals surface area contributed by atoms with E-state index in [0.717, 1.165) is 0 Å². The van der Waals surface area contributed by atoms with E-state index in [1.165, 1.54) is 24.9 Å². The molecule has 0 saturated carbocycles. The standard InChI is InChI=1S/C13H16FNO2S/c1-3-9(13(16)17-2)6-7-18-12-5-4-10(15)8-11(12)14/h4-6,8H,3,7,15H2,1-2H3. The van der Waals surface area contributed by atoms with Crippen LogP contribution >= 0.6 is 11.8 Å². The number of benzene rings is 1. The van der Waals surface area contributed by atoms with Gasteiger partial charge in [0.2, 0.25) is 0 Å². The number of hydrogen-bond acceptors (Lipinski definition) is 4. The van der Waals surface area contributed by atoms with Crippen molar-refractivity contribution in [2.75, 3.05) is 18.6 Å². The summed E-state index contributed by atoms with van der Waals surface area (Å²) in [5.74, 6) is -0.167. The average molecular weight is 269 g/mol. The summed E-state index contributed by atoms with van der Waals surface area (Å²) >= 11 is 1.31. The molecule has 0 aromatic heterocycles. The molecule has 0 saturated heterocycles. The second-order valence-electron chi connectivity index (χ2n) is 3.58. The molecular formula is C13H16FNO2S. The van der Waals surface area contributed by atoms with Gasteiger partial charge in [0, 0.05) is 21.9 Å². The molecule has 0 atom stereocenters. The van der Waals surface area contributed by atoms with Crippen molar-refractivity contribution >= 4 is 23.4 Å². The summed E-state index contributed by atoms with van der Waals surface area (Å²) in [7, 11) is 1.35. The molecule has 3 nitrogen and oxygen atoms in total. The molecule has 98 valence electrons. The number of nitrogen functional groups attached to an aromatic ring is 1. The third-order valence-corrected chi connectivity index (χ3v) is 3.33. The summed E-state index contributed by atoms with van der Waals surface area (Å²) in [4.78, 5) is 11.8. The normalized spacial score (nSPS) is 11.4. The van der Waals surface area contributed by atoms with Crippen molar-refractivity contribution in [3.8, 4) is 0 Å². The van der Waals surface area contributed by atoms with Gasteiger partial charge in [-0.3, -0.25) is 0 Å². The zero-order chi connectivity index (χ0) is 13.5. The highest BCUT2D eigenvalue weighted by atomic mass is 32.2. The second-order valence-corrected chi connectivity index (χ2v) is 4.64. The minimum absolute atomic E-state index is 0.337. The predicted octanol–water partition coefficient (Wildman–Crippen LogP) is 3.01. The fraction of sp³-hybridized carbons (Fsp3) is 0.308. The fourth-order valence-corrected chi connectivity index (χ4v) is 2.19. The van der Waals surface area contributed by atoms with Gasteiger partial charge in [-0.2, -0.15) is 0 Å². The van der Waals surface area contributed by atoms with Crippen LogP contribution in [0.3, 0.4) is 0 Å². The van der Waals surface area contributed by atoms with Crippen LogP contribution in [0.2, 0.25) is 0 Å². The van der Waals surface area contributed by atoms with Crippen LogP contribution in [0.5, 0.6) is 0 Å². The SMILES string of the molecule is CCC(=CCSc1ccc(N)cc1F)C(=O)OC. The van der Waals surface area contributed by atoms with Crippen LogP contribution in [0.25, 0.3) is 0 Å². The Balaban J connectivity index is 2.65. The summed E-state index contributed by atoms with van der Waals surface area (Å²) in [6.07, 6.45) is 2.35. The maximum atomic E-state index is 13.5. The Morgan fingerprint density at radius 2 is 2.28 bits per heavy atom. The Morgan fingerprint density at radius 1 is 1.56 bits per heavy atom. The molecule has 18 heavy (non-hydrogen) atoms. The van der Waals surface area contributed by atoms with Crippen molar-refractivity contribution in [2.45, 2.75) is 18.2 Å². The molecule has 0 spiro atoms. The van der Waals surface area contributed by atoms with E-state index in [9.17, 15) is 9.18 Å². The smallest absolute Gasteiger partial charge is 0.333 e. The van der Waals surface area contributed by atoms with E-state index in [-0.39, 0.29) is 11.8 Å². The van der Waals surface area contributed by atoms with Gasteiger partial charge in [-0.1, -0.05) is 13.0 Å². The number of anilines is 1. The molecule has 0 heterocycles. The van der Waals surface area contributed by atoms with Crippen LogP contribution in [-0.4, -0.2) is 18.8 Å². The average Bonchev–Trinajstić information content (AvgIpc) is 2.36. The molecule has 2 N–H and O–H groups in total. The number of halogens is 1. The van der Waals surface area contributed by atoms with Crippen LogP contribution in [-0.2, 0) is 9.53 Å². The Labute approximate surface area is 110 Å². The molecular weight excluding hydrogens is 253 g/mol. The van der Waals surface area contributed by atoms with E-state index >= 15 is 0 Å². The Hall–Kier alpha value is -1.49. The molecule has 0 unspecified atom stereocenters. The maximum Gasteiger partial charge on any atom is 0.333 e. The molecule has 0 aliphatic rings. The van der Waals surface area contributed by atoms with Crippen LogP contribution in [0.15, 0.2) is 34.7 Å². The Morgan fingerprint density at radius 3 is 2.83 bits per heavy atom. The lowest BCUT2D eigenvalue weighted by Gasteiger charge is -2.04. The summed E-state index contributed by atoms with van der Waals surface area (Å²) in [6, 6.07) is 4.57. The number of ether oxygens (including phenoxy) is 1. The summed E-state index contributed by atoms with van der Waals surface area (Å²) in [5.41, 5.74) is 6.46. The number of hydrogen-bond donors (Lipinski definition) is 1. The fourth-order valence-electron chi connectivity index (χ4n) is 1.37. The lowest BCUT2D eigenvalue weighted by Crippen LogP contribution is -2.04. The number of carbonyl (C=O) groups is 1. The largest absolute Gasteiger partial charge is 0.466 e. The van der Waals surface area contributed by atoms with Gasteiger partial charge >= 0.3 is 5.97 Å². The molecule has 1 aromatic carbocycles. The first-order valence-electron chi connectivity index (χ1n) is 5.53. The summed E-state index contributed by atoms with van der Waals surface area (Å²) in [6.45, 7) is 1.87. The minimum atomic E-state index is -0.343. The van der Waals surface area contributed by atoms with Gasteiger partial charge in [-0.25, -0.2) is 9.18 Å². The first-order valence-corrected chi connectivity index (χ1v) is 6.52. The van der Waals surface area contributed by atoms with Crippen molar-refractivity contribution < 1.29 is 13.9 Å². The first-order chi connectivity index (χ1) is 8.58. The van der Waals surface area contributed by atoms with Crippen molar-refractivity contribution in [1.82, 2.24) is 0 Å². The quantitative estimate of drug-likeness (QED) is 0.386. The van der Waals surface area contributed by atoms with Crippen LogP contribution < -0.4 is 5.73 Å². The molecule has 0 radical (unpaired) electrons. The van der Waals surface area contributed by atoms with Crippen LogP contribution in [0.1, 0.15) is 13.3 Å². The van der Waals surface area contributed by atoms with E-state index in [2.05, 4.69) is 4.74 Å². The van der Waals surface area contributed by atoms with Gasteiger partial charge in [-0.15, -0.1) is 11.8 Å². The monoisotopic (exact) mass is 269 g/mol. The minimum Gasteiger partial charge on any atom is -0.466 e. The first kappa shape index (κ1) is 14.6. The molecule has 5 heteroatoms. The topological polar surface area (TPSA) is 52.3 Å². The molecule has 0 amide bonds. The van der Waals surface area contributed by atoms with E-state index in [1.54, 1.807) is 18.2 Å². The molecule has 0 aliphatic heterocycles. The van der Waals surface area contributed by atoms with Crippen LogP contribution in [0, 0.1) is 5.82 Å². The highest BCUT2D eigenvalue weighted by Crippen LogP contribution is 2.24. The molecule has 0 bridgehead atoms. The van der Waals surface area contributed by atoms with Crippen molar-refractivity contribution in [3.05, 3.63) is 35.7 Å². The van der Waals surface area contributed by atoms with Gasteiger partial charge in [0.15, 0.2) is 0 Å². The zero-order valence-corrected chi connectivity index (χ0v) is 11.2. The van der Waals surface area contributed by atoms with Crippen molar-refractivity contribution in [3.63, 3.8) is 0 Å². The third kappa shape index (κ3) is 4.07. The summed E-state index contributed by atoms with van der Waals surface area (Å²) < 4.78 is 18.1. The molecule has 0 fully saturated rings. The van der Waals surface area contributed by atoms with Crippen molar-refractivity contribution in [1.29, 1.82) is 0 Å². The van der Waals surface area contributed by atoms with Gasteiger partial charge in [0.25, 0.3) is 0 Å². The Bertz CT molecular complexity index is 460. The number of thioether (sulfide) groups is 1. The number of methoxy groups -OCH3 is 1. The van der Waals surface area contributed by atoms with Gasteiger partial charge in [-0.05, 0) is 24.6 Å². The number of nitrogens with two attached hydrogens (primary N) is 1. The zero-order valence-electron chi connectivity index (χ0n) is 10.4. The maximum absolute atomic E-state index is 13.5. The summed E-state index contributed by atoms with van der Waals surface area (Å²) in [5, 5.41) is 0. The number of esters is 1. The molecule has 0 aliphatic carbocycles. The van der Waals surface area contributed by atoms with E-state index in [4.69, 9.17) is 5.73 Å². The lowest BCUT2D eigenvalue weighted by atomic mass is 10.2. The predicted molar refractivity (Wildman–Crippen MR) is 71.9 cm³/mol. The van der Waals surface area contributed by atoms with Gasteiger partial charge < -0.3 is 10.5 Å².